The Labute approximate surface area is 323 Å². The van der Waals surface area contributed by atoms with E-state index in [-0.39, 0.29) is 36.8 Å². The number of carboxylic acid groups (broad SMARTS) is 2. The zero-order valence-electron chi connectivity index (χ0n) is 22.9. The predicted molar refractivity (Wildman–Crippen MR) is 212 cm³/mol. The number of thiophene rings is 3. The van der Waals surface area contributed by atoms with Gasteiger partial charge in [0.05, 0.1) is 23.5 Å². The number of aromatic carboxylic acids is 2. The maximum atomic E-state index is 11.1. The van der Waals surface area contributed by atoms with Crippen molar-refractivity contribution >= 4 is 142 Å². The summed E-state index contributed by atoms with van der Waals surface area (Å²) in [5.41, 5.74) is 5.06. The molecule has 20 heteroatoms. The standard InChI is InChI=1S/C16H8N2O4S3.C6H2Br2N2S.C5H5BO4S.3CH4/c19-7-22-13-6-5-11(24-13)9-2-1-8(14-15(9)18-25-17-14)10-3-4-12(23-10)16(20)21;7-3-1-2-4(8)6-5(3)9-11-10-6;7-5(8)3-1-2-4(11-3)6(9)10;;;/h1-7H,(H,20,21);1-2H;1-2,9-10H,(H,7,8);3*1H4. The van der Waals surface area contributed by atoms with Gasteiger partial charge in [-0.05, 0) is 74.3 Å². The molecule has 2 aromatic carbocycles. The van der Waals surface area contributed by atoms with E-state index in [1.807, 2.05) is 30.3 Å². The molecule has 5 aromatic heterocycles. The second-order valence-electron chi connectivity index (χ2n) is 8.80. The van der Waals surface area contributed by atoms with Gasteiger partial charge in [0.25, 0.3) is 6.47 Å². The highest BCUT2D eigenvalue weighted by atomic mass is 79.9. The van der Waals surface area contributed by atoms with Crippen LogP contribution in [-0.4, -0.2) is 63.3 Å². The molecule has 0 amide bonds. The first-order valence-corrected chi connectivity index (χ1v) is 18.1. The fourth-order valence-corrected chi connectivity index (χ4v) is 8.49. The van der Waals surface area contributed by atoms with Crippen molar-refractivity contribution < 1.29 is 39.4 Å². The van der Waals surface area contributed by atoms with Crippen LogP contribution in [0.1, 0.15) is 41.6 Å². The average Bonchev–Trinajstić information content (AvgIpc) is 3.89. The van der Waals surface area contributed by atoms with Crippen molar-refractivity contribution in [3.05, 3.63) is 79.4 Å². The van der Waals surface area contributed by atoms with E-state index in [1.54, 1.807) is 18.2 Å². The van der Waals surface area contributed by atoms with Crippen LogP contribution < -0.4 is 9.51 Å². The van der Waals surface area contributed by atoms with Crippen LogP contribution in [0.4, 0.5) is 0 Å². The van der Waals surface area contributed by atoms with Crippen LogP contribution >= 0.6 is 89.3 Å². The van der Waals surface area contributed by atoms with E-state index in [1.165, 1.54) is 46.5 Å². The van der Waals surface area contributed by atoms with Gasteiger partial charge >= 0.3 is 19.1 Å². The fraction of sp³-hybridized carbons (Fsp3) is 0.100. The van der Waals surface area contributed by atoms with Crippen LogP contribution in [0.5, 0.6) is 5.06 Å². The number of aromatic nitrogens is 4. The third-order valence-electron chi connectivity index (χ3n) is 5.92. The highest BCUT2D eigenvalue weighted by Crippen LogP contribution is 2.40. The van der Waals surface area contributed by atoms with E-state index in [0.717, 1.165) is 75.0 Å². The van der Waals surface area contributed by atoms with Crippen molar-refractivity contribution in [2.45, 2.75) is 22.3 Å². The molecule has 0 bridgehead atoms. The molecule has 0 aliphatic rings. The Balaban J connectivity index is 0.000000291. The smallest absolute Gasteiger partial charge is 0.477 e. The third kappa shape index (κ3) is 9.86. The number of rotatable bonds is 7. The first-order valence-electron chi connectivity index (χ1n) is 12.6. The minimum atomic E-state index is -1.58. The molecule has 4 N–H and O–H groups in total. The van der Waals surface area contributed by atoms with E-state index >= 15 is 0 Å². The highest BCUT2D eigenvalue weighted by molar-refractivity contribution is 9.11. The molecule has 0 aliphatic heterocycles. The maximum Gasteiger partial charge on any atom is 0.499 e. The molecule has 0 saturated carbocycles. The quantitative estimate of drug-likeness (QED) is 0.0881. The Bertz CT molecular complexity index is 2180. The lowest BCUT2D eigenvalue weighted by atomic mass is 9.90. The Hall–Kier alpha value is -3.47. The SMILES string of the molecule is Brc1ccc(Br)c2nsnc12.C.C.C.O=C(O)c1ccc(B(O)O)s1.O=COc1ccc(-c2ccc(-c3ccc(C(=O)O)s3)c3nsnc23)s1. The highest BCUT2D eigenvalue weighted by Gasteiger charge is 2.18. The van der Waals surface area contributed by atoms with Gasteiger partial charge in [0.2, 0.25) is 0 Å². The number of halogens is 2. The molecule has 0 atom stereocenters. The first-order chi connectivity index (χ1) is 22.6. The van der Waals surface area contributed by atoms with Crippen molar-refractivity contribution in [3.8, 4) is 25.9 Å². The van der Waals surface area contributed by atoms with Gasteiger partial charge in [0, 0.05) is 34.6 Å². The predicted octanol–water partition coefficient (Wildman–Crippen LogP) is 8.63. The van der Waals surface area contributed by atoms with Crippen molar-refractivity contribution in [2.75, 3.05) is 0 Å². The lowest BCUT2D eigenvalue weighted by Gasteiger charge is -2.03. The Morgan fingerprint density at radius 2 is 1.10 bits per heavy atom. The lowest BCUT2D eigenvalue weighted by Crippen LogP contribution is -2.26. The summed E-state index contributed by atoms with van der Waals surface area (Å²) in [5, 5.41) is 35.2. The monoisotopic (exact) mass is 900 g/mol. The summed E-state index contributed by atoms with van der Waals surface area (Å²) in [6.45, 7) is 0.398. The molecule has 0 fully saturated rings. The van der Waals surface area contributed by atoms with E-state index in [9.17, 15) is 14.4 Å². The number of nitrogens with zero attached hydrogens (tertiary/aromatic N) is 4. The van der Waals surface area contributed by atoms with Gasteiger partial charge < -0.3 is 25.0 Å². The Morgan fingerprint density at radius 1 is 0.640 bits per heavy atom. The third-order valence-corrected chi connectivity index (χ3v) is 11.5. The summed E-state index contributed by atoms with van der Waals surface area (Å²) in [7, 11) is -1.58. The Kier molecular flexibility index (Phi) is 16.4. The molecule has 262 valence electrons. The van der Waals surface area contributed by atoms with Crippen LogP contribution in [0, 0.1) is 0 Å². The van der Waals surface area contributed by atoms with Gasteiger partial charge in [-0.2, -0.15) is 17.5 Å². The van der Waals surface area contributed by atoms with Crippen LogP contribution in [-0.2, 0) is 4.79 Å². The lowest BCUT2D eigenvalue weighted by molar-refractivity contribution is -0.120. The summed E-state index contributed by atoms with van der Waals surface area (Å²) in [5.74, 6) is -2.00. The largest absolute Gasteiger partial charge is 0.499 e. The fourth-order valence-electron chi connectivity index (χ4n) is 3.85. The summed E-state index contributed by atoms with van der Waals surface area (Å²) in [6, 6.07) is 17.4. The summed E-state index contributed by atoms with van der Waals surface area (Å²) in [6.07, 6.45) is 0. The van der Waals surface area contributed by atoms with Gasteiger partial charge in [-0.15, -0.1) is 22.7 Å². The number of ether oxygens (including phenoxy) is 1. The molecule has 0 unspecified atom stereocenters. The maximum absolute atomic E-state index is 11.1. The Morgan fingerprint density at radius 3 is 1.54 bits per heavy atom. The van der Waals surface area contributed by atoms with Crippen molar-refractivity contribution in [1.29, 1.82) is 0 Å². The second kappa shape index (κ2) is 19.2. The average molecular weight is 903 g/mol. The second-order valence-corrected chi connectivity index (χ2v) is 14.8. The molecule has 0 aliphatic carbocycles. The molecule has 0 saturated heterocycles. The molecule has 5 heterocycles. The van der Waals surface area contributed by atoms with Gasteiger partial charge in [-0.1, -0.05) is 51.8 Å². The van der Waals surface area contributed by atoms with Crippen LogP contribution in [0.15, 0.2) is 69.6 Å². The zero-order valence-corrected chi connectivity index (χ0v) is 30.2. The summed E-state index contributed by atoms with van der Waals surface area (Å²) in [4.78, 5) is 34.0. The zero-order chi connectivity index (χ0) is 33.7. The molecule has 0 spiro atoms. The number of hydrogen-bond acceptors (Lipinski definition) is 15. The summed E-state index contributed by atoms with van der Waals surface area (Å²) < 4.78 is 24.1. The number of fused-ring (bicyclic) bond motifs is 2. The summed E-state index contributed by atoms with van der Waals surface area (Å²) >= 11 is 12.5. The van der Waals surface area contributed by atoms with E-state index in [2.05, 4.69) is 49.4 Å². The number of carbonyl (C=O) groups excluding carboxylic acids is 1. The minimum Gasteiger partial charge on any atom is -0.477 e. The normalized spacial score (nSPS) is 9.92. The number of carbonyl (C=O) groups is 3. The van der Waals surface area contributed by atoms with Crippen LogP contribution in [0.2, 0.25) is 0 Å². The first kappa shape index (κ1) is 42.7. The molecule has 0 radical (unpaired) electrons. The number of hydrogen-bond donors (Lipinski definition) is 4. The van der Waals surface area contributed by atoms with Gasteiger partial charge in [0.1, 0.15) is 31.8 Å². The van der Waals surface area contributed by atoms with Crippen LogP contribution in [0.3, 0.4) is 0 Å². The molecular formula is C30H27BBr2N4O8S5. The van der Waals surface area contributed by atoms with Crippen molar-refractivity contribution in [2.24, 2.45) is 0 Å². The van der Waals surface area contributed by atoms with Gasteiger partial charge in [0.15, 0.2) is 5.06 Å². The van der Waals surface area contributed by atoms with Crippen LogP contribution in [0.25, 0.3) is 42.9 Å². The minimum absolute atomic E-state index is 0. The van der Waals surface area contributed by atoms with E-state index in [4.69, 9.17) is 25.0 Å². The molecule has 7 rings (SSSR count). The molecule has 12 nitrogen and oxygen atoms in total. The van der Waals surface area contributed by atoms with Gasteiger partial charge in [-0.25, -0.2) is 9.59 Å². The topological polar surface area (TPSA) is 193 Å². The molecule has 7 aromatic rings. The van der Waals surface area contributed by atoms with Gasteiger partial charge in [-0.3, -0.25) is 4.79 Å². The van der Waals surface area contributed by atoms with E-state index < -0.39 is 19.1 Å². The number of benzene rings is 2. The van der Waals surface area contributed by atoms with Crippen molar-refractivity contribution in [3.63, 3.8) is 0 Å². The van der Waals surface area contributed by atoms with Crippen molar-refractivity contribution in [1.82, 2.24) is 17.5 Å². The van der Waals surface area contributed by atoms with E-state index in [0.29, 0.717) is 11.5 Å². The molecule has 50 heavy (non-hydrogen) atoms. The number of carboxylic acids is 2. The molecular weight excluding hydrogens is 875 g/mol.